The predicted octanol–water partition coefficient (Wildman–Crippen LogP) is 2.93. The molecule has 1 aliphatic heterocycles. The normalized spacial score (nSPS) is 14.5. The highest BCUT2D eigenvalue weighted by Crippen LogP contribution is 2.37. The van der Waals surface area contributed by atoms with E-state index in [0.29, 0.717) is 33.2 Å². The number of benzene rings is 2. The van der Waals surface area contributed by atoms with Gasteiger partial charge in [-0.25, -0.2) is 9.69 Å². The fourth-order valence-electron chi connectivity index (χ4n) is 3.82. The summed E-state index contributed by atoms with van der Waals surface area (Å²) in [6.45, 7) is 3.77. The van der Waals surface area contributed by atoms with Crippen molar-refractivity contribution in [2.75, 3.05) is 17.8 Å². The SMILES string of the molecule is CCSc1n[n+]2c(c(=O)[nH]1)-c1ccccc1N(C(=O)CC)C2c1ccc(C(=O)OC)cc1. The van der Waals surface area contributed by atoms with E-state index in [0.717, 1.165) is 5.75 Å². The van der Waals surface area contributed by atoms with Gasteiger partial charge in [0.1, 0.15) is 0 Å². The molecule has 0 spiro atoms. The number of para-hydroxylation sites is 1. The van der Waals surface area contributed by atoms with Crippen LogP contribution in [0.3, 0.4) is 0 Å². The number of aromatic amines is 1. The lowest BCUT2D eigenvalue weighted by Gasteiger charge is -2.32. The Morgan fingerprint density at radius 2 is 1.88 bits per heavy atom. The predicted molar refractivity (Wildman–Crippen MR) is 121 cm³/mol. The number of rotatable bonds is 5. The van der Waals surface area contributed by atoms with Crippen LogP contribution in [0.2, 0.25) is 0 Å². The Balaban J connectivity index is 1.99. The number of esters is 1. The van der Waals surface area contributed by atoms with Crippen LogP contribution in [0.1, 0.15) is 42.4 Å². The highest BCUT2D eigenvalue weighted by Gasteiger charge is 2.45. The lowest BCUT2D eigenvalue weighted by Crippen LogP contribution is -2.60. The Morgan fingerprint density at radius 3 is 2.53 bits per heavy atom. The van der Waals surface area contributed by atoms with Crippen LogP contribution in [0.4, 0.5) is 5.69 Å². The topological polar surface area (TPSA) is 96.2 Å². The van der Waals surface area contributed by atoms with Crippen LogP contribution in [0.5, 0.6) is 0 Å². The van der Waals surface area contributed by atoms with E-state index < -0.39 is 12.1 Å². The van der Waals surface area contributed by atoms with Gasteiger partial charge in [-0.3, -0.25) is 14.6 Å². The number of hydrogen-bond donors (Lipinski definition) is 1. The maximum absolute atomic E-state index is 13.2. The molecular formula is C23H23N4O4S+. The summed E-state index contributed by atoms with van der Waals surface area (Å²) >= 11 is 1.41. The van der Waals surface area contributed by atoms with Gasteiger partial charge in [0.2, 0.25) is 11.1 Å². The maximum atomic E-state index is 13.2. The van der Waals surface area contributed by atoms with E-state index >= 15 is 0 Å². The Morgan fingerprint density at radius 1 is 1.16 bits per heavy atom. The van der Waals surface area contributed by atoms with Crippen molar-refractivity contribution in [1.82, 2.24) is 10.1 Å². The average Bonchev–Trinajstić information content (AvgIpc) is 2.82. The van der Waals surface area contributed by atoms with E-state index in [4.69, 9.17) is 9.84 Å². The summed E-state index contributed by atoms with van der Waals surface area (Å²) in [5, 5.41) is 5.17. The fourth-order valence-corrected chi connectivity index (χ4v) is 4.41. The summed E-state index contributed by atoms with van der Waals surface area (Å²) in [6, 6.07) is 14.1. The Labute approximate surface area is 189 Å². The Bertz CT molecular complexity index is 1240. The fraction of sp³-hybridized carbons (Fsp3) is 0.261. The Kier molecular flexibility index (Phi) is 6.09. The molecule has 2 aromatic carbocycles. The molecule has 0 bridgehead atoms. The van der Waals surface area contributed by atoms with E-state index in [2.05, 4.69) is 4.98 Å². The molecule has 3 aromatic rings. The number of nitrogens with zero attached hydrogens (tertiary/aromatic N) is 3. The van der Waals surface area contributed by atoms with E-state index in [1.54, 1.807) is 40.8 Å². The van der Waals surface area contributed by atoms with E-state index in [9.17, 15) is 14.4 Å². The first-order valence-corrected chi connectivity index (χ1v) is 11.3. The summed E-state index contributed by atoms with van der Waals surface area (Å²) in [5.41, 5.74) is 2.49. The molecular weight excluding hydrogens is 428 g/mol. The minimum Gasteiger partial charge on any atom is -0.465 e. The molecule has 8 nitrogen and oxygen atoms in total. The molecule has 1 aromatic heterocycles. The number of anilines is 1. The first-order valence-electron chi connectivity index (χ1n) is 10.3. The minimum absolute atomic E-state index is 0.107. The third-order valence-corrected chi connectivity index (χ3v) is 5.99. The number of carbonyl (C=O) groups is 2. The number of ether oxygens (including phenoxy) is 1. The molecule has 32 heavy (non-hydrogen) atoms. The average molecular weight is 452 g/mol. The van der Waals surface area contributed by atoms with Crippen molar-refractivity contribution in [3.05, 3.63) is 70.0 Å². The van der Waals surface area contributed by atoms with Crippen molar-refractivity contribution < 1.29 is 19.0 Å². The number of fused-ring (bicyclic) bond motifs is 3. The summed E-state index contributed by atoms with van der Waals surface area (Å²) in [6.07, 6.45) is -0.404. The zero-order valence-corrected chi connectivity index (χ0v) is 18.8. The molecule has 164 valence electrons. The van der Waals surface area contributed by atoms with Crippen LogP contribution < -0.4 is 15.1 Å². The first-order chi connectivity index (χ1) is 15.5. The molecule has 9 heteroatoms. The highest BCUT2D eigenvalue weighted by atomic mass is 32.2. The van der Waals surface area contributed by atoms with Gasteiger partial charge in [-0.2, -0.15) is 0 Å². The lowest BCUT2D eigenvalue weighted by atomic mass is 10.0. The van der Waals surface area contributed by atoms with Gasteiger partial charge in [0, 0.05) is 17.1 Å². The van der Waals surface area contributed by atoms with Crippen LogP contribution in [-0.4, -0.2) is 34.8 Å². The van der Waals surface area contributed by atoms with Gasteiger partial charge in [-0.1, -0.05) is 37.7 Å². The first kappa shape index (κ1) is 21.8. The van der Waals surface area contributed by atoms with E-state index in [-0.39, 0.29) is 17.9 Å². The van der Waals surface area contributed by atoms with Crippen molar-refractivity contribution >= 4 is 29.3 Å². The van der Waals surface area contributed by atoms with Gasteiger partial charge < -0.3 is 4.74 Å². The second-order valence-corrected chi connectivity index (χ2v) is 8.36. The van der Waals surface area contributed by atoms with Crippen LogP contribution in [-0.2, 0) is 9.53 Å². The number of carbonyl (C=O) groups excluding carboxylic acids is 2. The molecule has 1 aliphatic rings. The third kappa shape index (κ3) is 3.69. The summed E-state index contributed by atoms with van der Waals surface area (Å²) in [5.74, 6) is 0.176. The summed E-state index contributed by atoms with van der Waals surface area (Å²) in [4.78, 5) is 42.7. The quantitative estimate of drug-likeness (QED) is 0.364. The third-order valence-electron chi connectivity index (χ3n) is 5.24. The second-order valence-electron chi connectivity index (χ2n) is 7.11. The van der Waals surface area contributed by atoms with Gasteiger partial charge in [0.05, 0.1) is 23.9 Å². The maximum Gasteiger partial charge on any atom is 0.337 e. The van der Waals surface area contributed by atoms with Crippen LogP contribution in [0.15, 0.2) is 58.5 Å². The summed E-state index contributed by atoms with van der Waals surface area (Å²) < 4.78 is 6.40. The molecule has 0 aliphatic carbocycles. The van der Waals surface area contributed by atoms with Gasteiger partial charge in [0.15, 0.2) is 0 Å². The van der Waals surface area contributed by atoms with Gasteiger partial charge in [-0.15, -0.1) is 0 Å². The van der Waals surface area contributed by atoms with Crippen LogP contribution in [0, 0.1) is 0 Å². The minimum atomic E-state index is -0.683. The molecule has 1 atom stereocenters. The molecule has 1 amide bonds. The molecule has 0 fully saturated rings. The van der Waals surface area contributed by atoms with Crippen molar-refractivity contribution in [3.63, 3.8) is 0 Å². The largest absolute Gasteiger partial charge is 0.465 e. The number of hydrogen-bond acceptors (Lipinski definition) is 6. The van der Waals surface area contributed by atoms with Crippen molar-refractivity contribution in [2.45, 2.75) is 31.6 Å². The van der Waals surface area contributed by atoms with Gasteiger partial charge in [-0.05, 0) is 46.8 Å². The molecule has 2 heterocycles. The number of methoxy groups -OCH3 is 1. The monoisotopic (exact) mass is 451 g/mol. The molecule has 0 radical (unpaired) electrons. The van der Waals surface area contributed by atoms with Crippen LogP contribution >= 0.6 is 11.8 Å². The standard InChI is InChI=1S/C23H22N4O4S/c1-4-18(28)26-17-9-7-6-8-16(17)19-20(29)24-23(32-5-2)25-27(19)21(26)14-10-12-15(13-11-14)22(30)31-3/h6-13,21H,4-5H2,1-3H3/p+1. The second kappa shape index (κ2) is 8.96. The van der Waals surface area contributed by atoms with Crippen molar-refractivity contribution in [1.29, 1.82) is 0 Å². The zero-order chi connectivity index (χ0) is 22.8. The molecule has 1 unspecified atom stereocenters. The number of thioether (sulfide) groups is 1. The number of amides is 1. The molecule has 1 N–H and O–H groups in total. The van der Waals surface area contributed by atoms with Crippen molar-refractivity contribution in [3.8, 4) is 11.3 Å². The number of nitrogens with one attached hydrogen (secondary N) is 1. The van der Waals surface area contributed by atoms with E-state index in [1.807, 2.05) is 31.2 Å². The smallest absolute Gasteiger partial charge is 0.337 e. The molecule has 0 saturated carbocycles. The van der Waals surface area contributed by atoms with Crippen LogP contribution in [0.25, 0.3) is 11.3 Å². The molecule has 0 saturated heterocycles. The van der Waals surface area contributed by atoms with Gasteiger partial charge in [0.25, 0.3) is 6.17 Å². The number of H-pyrrole nitrogens is 1. The number of aromatic nitrogens is 3. The van der Waals surface area contributed by atoms with E-state index in [1.165, 1.54) is 18.9 Å². The molecule has 4 rings (SSSR count). The lowest BCUT2D eigenvalue weighted by molar-refractivity contribution is -0.763. The highest BCUT2D eigenvalue weighted by molar-refractivity contribution is 7.99. The van der Waals surface area contributed by atoms with Crippen molar-refractivity contribution in [2.24, 2.45) is 0 Å². The van der Waals surface area contributed by atoms with Gasteiger partial charge >= 0.3 is 17.2 Å². The zero-order valence-electron chi connectivity index (χ0n) is 18.0. The Hall–Kier alpha value is -3.46. The summed E-state index contributed by atoms with van der Waals surface area (Å²) in [7, 11) is 1.32.